The van der Waals surface area contributed by atoms with Gasteiger partial charge in [-0.1, -0.05) is 19.9 Å². The molecular weight excluding hydrogens is 210 g/mol. The van der Waals surface area contributed by atoms with Crippen LogP contribution in [-0.2, 0) is 9.53 Å². The van der Waals surface area contributed by atoms with Gasteiger partial charge in [0.15, 0.2) is 0 Å². The van der Waals surface area contributed by atoms with Crippen molar-refractivity contribution in [3.8, 4) is 0 Å². The van der Waals surface area contributed by atoms with E-state index in [-0.39, 0.29) is 23.5 Å². The first kappa shape index (κ1) is 14.6. The molecule has 0 heterocycles. The molecule has 1 atom stereocenters. The summed E-state index contributed by atoms with van der Waals surface area (Å²) in [7, 11) is 0. The van der Waals surface area contributed by atoms with Gasteiger partial charge < -0.3 is 4.74 Å². The number of ether oxygens (including phenoxy) is 1. The number of nitrogens with zero attached hydrogens (tertiary/aromatic N) is 1. The first-order valence-corrected chi connectivity index (χ1v) is 5.51. The molecule has 5 heteroatoms. The number of nitro groups is 1. The highest BCUT2D eigenvalue weighted by Gasteiger charge is 2.23. The Kier molecular flexibility index (Phi) is 7.16. The second-order valence-corrected chi connectivity index (χ2v) is 3.61. The summed E-state index contributed by atoms with van der Waals surface area (Å²) >= 11 is 0. The van der Waals surface area contributed by atoms with E-state index < -0.39 is 12.0 Å². The highest BCUT2D eigenvalue weighted by atomic mass is 16.6. The van der Waals surface area contributed by atoms with Crippen molar-refractivity contribution in [2.45, 2.75) is 45.6 Å². The summed E-state index contributed by atoms with van der Waals surface area (Å²) < 4.78 is 4.73. The zero-order chi connectivity index (χ0) is 12.6. The SMILES string of the molecule is C=C(CC(CCCC)[N+](=O)[O-])C(=O)OCC. The third-order valence-electron chi connectivity index (χ3n) is 2.24. The Hall–Kier alpha value is -1.39. The van der Waals surface area contributed by atoms with Crippen LogP contribution in [0.25, 0.3) is 0 Å². The van der Waals surface area contributed by atoms with Crippen LogP contribution in [0.15, 0.2) is 12.2 Å². The maximum Gasteiger partial charge on any atom is 0.333 e. The molecule has 0 saturated heterocycles. The van der Waals surface area contributed by atoms with E-state index in [4.69, 9.17) is 4.74 Å². The number of rotatable bonds is 8. The van der Waals surface area contributed by atoms with Crippen molar-refractivity contribution in [1.82, 2.24) is 0 Å². The summed E-state index contributed by atoms with van der Waals surface area (Å²) in [5, 5.41) is 10.7. The molecule has 0 aliphatic heterocycles. The Morgan fingerprint density at radius 1 is 1.50 bits per heavy atom. The summed E-state index contributed by atoms with van der Waals surface area (Å²) in [5.74, 6) is -0.536. The number of carbonyl (C=O) groups is 1. The van der Waals surface area contributed by atoms with Crippen molar-refractivity contribution >= 4 is 5.97 Å². The van der Waals surface area contributed by atoms with E-state index in [2.05, 4.69) is 6.58 Å². The third-order valence-corrected chi connectivity index (χ3v) is 2.24. The Labute approximate surface area is 95.6 Å². The zero-order valence-electron chi connectivity index (χ0n) is 9.90. The molecule has 0 aromatic heterocycles. The lowest BCUT2D eigenvalue weighted by molar-refractivity contribution is -0.522. The summed E-state index contributed by atoms with van der Waals surface area (Å²) in [6, 6.07) is -0.725. The lowest BCUT2D eigenvalue weighted by Crippen LogP contribution is -2.22. The zero-order valence-corrected chi connectivity index (χ0v) is 9.90. The fourth-order valence-electron chi connectivity index (χ4n) is 1.32. The van der Waals surface area contributed by atoms with Crippen LogP contribution >= 0.6 is 0 Å². The quantitative estimate of drug-likeness (QED) is 0.277. The van der Waals surface area contributed by atoms with Crippen LogP contribution in [0.5, 0.6) is 0 Å². The van der Waals surface area contributed by atoms with Gasteiger partial charge in [0.25, 0.3) is 0 Å². The topological polar surface area (TPSA) is 69.4 Å². The van der Waals surface area contributed by atoms with E-state index in [9.17, 15) is 14.9 Å². The van der Waals surface area contributed by atoms with Crippen molar-refractivity contribution in [1.29, 1.82) is 0 Å². The second-order valence-electron chi connectivity index (χ2n) is 3.61. The molecule has 16 heavy (non-hydrogen) atoms. The molecule has 0 aromatic carbocycles. The number of carbonyl (C=O) groups excluding carboxylic acids is 1. The average Bonchev–Trinajstić information content (AvgIpc) is 2.23. The van der Waals surface area contributed by atoms with Crippen molar-refractivity contribution in [2.24, 2.45) is 0 Å². The van der Waals surface area contributed by atoms with Crippen molar-refractivity contribution in [3.05, 3.63) is 22.3 Å². The fraction of sp³-hybridized carbons (Fsp3) is 0.727. The van der Waals surface area contributed by atoms with Crippen LogP contribution < -0.4 is 0 Å². The van der Waals surface area contributed by atoms with Crippen molar-refractivity contribution < 1.29 is 14.5 Å². The minimum Gasteiger partial charge on any atom is -0.463 e. The Morgan fingerprint density at radius 2 is 2.12 bits per heavy atom. The Bertz CT molecular complexity index is 263. The van der Waals surface area contributed by atoms with Gasteiger partial charge in [-0.05, 0) is 13.3 Å². The van der Waals surface area contributed by atoms with Crippen LogP contribution in [0.3, 0.4) is 0 Å². The fourth-order valence-corrected chi connectivity index (χ4v) is 1.32. The summed E-state index contributed by atoms with van der Waals surface area (Å²) in [5.41, 5.74) is 0.180. The van der Waals surface area contributed by atoms with Gasteiger partial charge in [0.05, 0.1) is 6.61 Å². The van der Waals surface area contributed by atoms with Gasteiger partial charge in [-0.25, -0.2) is 4.79 Å². The maximum atomic E-state index is 11.2. The molecule has 0 radical (unpaired) electrons. The molecule has 0 aliphatic rings. The van der Waals surface area contributed by atoms with Crippen molar-refractivity contribution in [3.63, 3.8) is 0 Å². The minimum absolute atomic E-state index is 0.0752. The number of esters is 1. The minimum atomic E-state index is -0.725. The number of unbranched alkanes of at least 4 members (excludes halogenated alkanes) is 1. The Balaban J connectivity index is 4.22. The van der Waals surface area contributed by atoms with Crippen LogP contribution in [0.1, 0.15) is 39.5 Å². The maximum absolute atomic E-state index is 11.2. The van der Waals surface area contributed by atoms with Gasteiger partial charge >= 0.3 is 5.97 Å². The molecule has 0 aromatic rings. The van der Waals surface area contributed by atoms with Crippen LogP contribution in [-0.4, -0.2) is 23.5 Å². The highest BCUT2D eigenvalue weighted by molar-refractivity contribution is 5.87. The predicted molar refractivity (Wildman–Crippen MR) is 60.7 cm³/mol. The molecule has 0 rings (SSSR count). The second kappa shape index (κ2) is 7.84. The molecule has 1 unspecified atom stereocenters. The monoisotopic (exact) mass is 229 g/mol. The van der Waals surface area contributed by atoms with Crippen LogP contribution in [0, 0.1) is 10.1 Å². The number of hydrogen-bond donors (Lipinski definition) is 0. The molecule has 5 nitrogen and oxygen atoms in total. The van der Waals surface area contributed by atoms with E-state index in [1.54, 1.807) is 6.92 Å². The molecule has 0 spiro atoms. The van der Waals surface area contributed by atoms with Gasteiger partial charge in [-0.3, -0.25) is 10.1 Å². The molecular formula is C11H19NO4. The average molecular weight is 229 g/mol. The molecule has 0 N–H and O–H groups in total. The van der Waals surface area contributed by atoms with Crippen molar-refractivity contribution in [2.75, 3.05) is 6.61 Å². The lowest BCUT2D eigenvalue weighted by Gasteiger charge is -2.10. The normalized spacial score (nSPS) is 11.9. The van der Waals surface area contributed by atoms with Gasteiger partial charge in [0, 0.05) is 23.3 Å². The van der Waals surface area contributed by atoms with E-state index >= 15 is 0 Å². The molecule has 92 valence electrons. The van der Waals surface area contributed by atoms with E-state index in [0.717, 1.165) is 12.8 Å². The Morgan fingerprint density at radius 3 is 2.56 bits per heavy atom. The molecule has 0 saturated carbocycles. The summed E-state index contributed by atoms with van der Waals surface area (Å²) in [4.78, 5) is 21.6. The van der Waals surface area contributed by atoms with Gasteiger partial charge in [-0.15, -0.1) is 0 Å². The molecule has 0 aliphatic carbocycles. The van der Waals surface area contributed by atoms with Gasteiger partial charge in [0.1, 0.15) is 0 Å². The smallest absolute Gasteiger partial charge is 0.333 e. The van der Waals surface area contributed by atoms with Crippen LogP contribution in [0.2, 0.25) is 0 Å². The molecule has 0 bridgehead atoms. The highest BCUT2D eigenvalue weighted by Crippen LogP contribution is 2.14. The lowest BCUT2D eigenvalue weighted by atomic mass is 10.0. The van der Waals surface area contributed by atoms with Gasteiger partial charge in [0.2, 0.25) is 6.04 Å². The first-order chi connectivity index (χ1) is 7.52. The number of hydrogen-bond acceptors (Lipinski definition) is 4. The summed E-state index contributed by atoms with van der Waals surface area (Å²) in [6.45, 7) is 7.44. The standard InChI is InChI=1S/C11H19NO4/c1-4-6-7-10(12(14)15)8-9(3)11(13)16-5-2/h10H,3-8H2,1-2H3. The predicted octanol–water partition coefficient (Wildman–Crippen LogP) is 2.33. The first-order valence-electron chi connectivity index (χ1n) is 5.51. The molecule has 0 fully saturated rings. The van der Waals surface area contributed by atoms with Crippen LogP contribution in [0.4, 0.5) is 0 Å². The van der Waals surface area contributed by atoms with E-state index in [1.807, 2.05) is 6.92 Å². The van der Waals surface area contributed by atoms with E-state index in [0.29, 0.717) is 6.42 Å². The van der Waals surface area contributed by atoms with Gasteiger partial charge in [-0.2, -0.15) is 0 Å². The third kappa shape index (κ3) is 5.48. The molecule has 0 amide bonds. The van der Waals surface area contributed by atoms with E-state index in [1.165, 1.54) is 0 Å². The largest absolute Gasteiger partial charge is 0.463 e. The summed E-state index contributed by atoms with van der Waals surface area (Å²) in [6.07, 6.45) is 2.23.